The highest BCUT2D eigenvalue weighted by Crippen LogP contribution is 2.24. The van der Waals surface area contributed by atoms with Crippen molar-refractivity contribution in [3.05, 3.63) is 63.9 Å². The number of aryl methyl sites for hydroxylation is 1. The fourth-order valence-electron chi connectivity index (χ4n) is 2.05. The summed E-state index contributed by atoms with van der Waals surface area (Å²) in [7, 11) is 1.95. The highest BCUT2D eigenvalue weighted by Gasteiger charge is 2.12. The summed E-state index contributed by atoms with van der Waals surface area (Å²) >= 11 is 5.15. The summed E-state index contributed by atoms with van der Waals surface area (Å²) in [5, 5.41) is 3.31. The van der Waals surface area contributed by atoms with Crippen LogP contribution in [0.25, 0.3) is 0 Å². The van der Waals surface area contributed by atoms with Gasteiger partial charge >= 0.3 is 0 Å². The summed E-state index contributed by atoms with van der Waals surface area (Å²) in [6.07, 6.45) is 0.799. The fraction of sp³-hybridized carbons (Fsp3) is 0.294. The topological polar surface area (TPSA) is 12.0 Å². The quantitative estimate of drug-likeness (QED) is 0.734. The lowest BCUT2D eigenvalue weighted by Gasteiger charge is -2.17. The lowest BCUT2D eigenvalue weighted by atomic mass is 10.1. The maximum atomic E-state index is 13.5. The second-order valence-corrected chi connectivity index (χ2v) is 6.91. The molecule has 112 valence electrons. The van der Waals surface area contributed by atoms with E-state index in [0.29, 0.717) is 10.5 Å². The molecular formula is C17H19BrFNS. The van der Waals surface area contributed by atoms with Crippen molar-refractivity contribution in [3.8, 4) is 0 Å². The van der Waals surface area contributed by atoms with Crippen LogP contribution in [0, 0.1) is 12.7 Å². The lowest BCUT2D eigenvalue weighted by molar-refractivity contribution is 0.597. The van der Waals surface area contributed by atoms with Crippen molar-refractivity contribution < 1.29 is 4.39 Å². The van der Waals surface area contributed by atoms with Gasteiger partial charge in [-0.3, -0.25) is 0 Å². The number of hydrogen-bond acceptors (Lipinski definition) is 2. The Hall–Kier alpha value is -0.840. The maximum absolute atomic E-state index is 13.5. The molecule has 0 aliphatic carbocycles. The lowest BCUT2D eigenvalue weighted by Crippen LogP contribution is -2.30. The zero-order chi connectivity index (χ0) is 15.2. The second kappa shape index (κ2) is 7.97. The fourth-order valence-corrected chi connectivity index (χ4v) is 3.48. The smallest absolute Gasteiger partial charge is 0.137 e. The normalized spacial score (nSPS) is 12.4. The van der Waals surface area contributed by atoms with Gasteiger partial charge in [-0.2, -0.15) is 0 Å². The molecule has 1 atom stereocenters. The molecule has 4 heteroatoms. The number of thioether (sulfide) groups is 1. The van der Waals surface area contributed by atoms with Crippen molar-refractivity contribution in [2.75, 3.05) is 12.8 Å². The Morgan fingerprint density at radius 3 is 2.57 bits per heavy atom. The van der Waals surface area contributed by atoms with Crippen molar-refractivity contribution in [2.24, 2.45) is 0 Å². The van der Waals surface area contributed by atoms with Gasteiger partial charge in [0.1, 0.15) is 5.82 Å². The first-order chi connectivity index (χ1) is 10.1. The number of rotatable bonds is 6. The minimum atomic E-state index is -0.200. The van der Waals surface area contributed by atoms with Crippen LogP contribution in [0.1, 0.15) is 11.1 Å². The second-order valence-electron chi connectivity index (χ2n) is 5.03. The first kappa shape index (κ1) is 16.5. The van der Waals surface area contributed by atoms with Gasteiger partial charge in [-0.25, -0.2) is 4.39 Å². The van der Waals surface area contributed by atoms with Crippen LogP contribution in [0.5, 0.6) is 0 Å². The third kappa shape index (κ3) is 4.83. The maximum Gasteiger partial charge on any atom is 0.137 e. The molecule has 0 amide bonds. The van der Waals surface area contributed by atoms with Crippen LogP contribution in [-0.2, 0) is 6.42 Å². The summed E-state index contributed by atoms with van der Waals surface area (Å²) < 4.78 is 14.1. The molecular weight excluding hydrogens is 349 g/mol. The van der Waals surface area contributed by atoms with E-state index < -0.39 is 0 Å². The van der Waals surface area contributed by atoms with Gasteiger partial charge in [-0.05, 0) is 60.1 Å². The molecule has 1 nitrogen and oxygen atoms in total. The van der Waals surface area contributed by atoms with Crippen molar-refractivity contribution >= 4 is 27.7 Å². The Morgan fingerprint density at radius 1 is 1.19 bits per heavy atom. The molecule has 2 aromatic rings. The zero-order valence-corrected chi connectivity index (χ0v) is 14.6. The Bertz CT molecular complexity index is 586. The highest BCUT2D eigenvalue weighted by atomic mass is 79.9. The summed E-state index contributed by atoms with van der Waals surface area (Å²) in [5.41, 5.74) is 2.27. The molecule has 0 aliphatic rings. The predicted molar refractivity (Wildman–Crippen MR) is 92.6 cm³/mol. The van der Waals surface area contributed by atoms with Crippen LogP contribution in [-0.4, -0.2) is 18.8 Å². The Labute approximate surface area is 138 Å². The summed E-state index contributed by atoms with van der Waals surface area (Å²) in [5.74, 6) is 0.747. The summed E-state index contributed by atoms with van der Waals surface area (Å²) in [6, 6.07) is 14.0. The van der Waals surface area contributed by atoms with Gasteiger partial charge in [0.25, 0.3) is 0 Å². The van der Waals surface area contributed by atoms with E-state index in [1.54, 1.807) is 6.07 Å². The van der Waals surface area contributed by atoms with Crippen molar-refractivity contribution in [1.82, 2.24) is 5.32 Å². The highest BCUT2D eigenvalue weighted by molar-refractivity contribution is 9.10. The molecule has 0 saturated heterocycles. The molecule has 0 radical (unpaired) electrons. The average molecular weight is 368 g/mol. The van der Waals surface area contributed by atoms with Crippen LogP contribution in [0.4, 0.5) is 4.39 Å². The van der Waals surface area contributed by atoms with E-state index in [1.807, 2.05) is 24.9 Å². The molecule has 0 aliphatic heterocycles. The van der Waals surface area contributed by atoms with Gasteiger partial charge in [0.05, 0.1) is 4.47 Å². The van der Waals surface area contributed by atoms with Gasteiger partial charge in [0.2, 0.25) is 0 Å². The molecule has 0 aromatic heterocycles. The summed E-state index contributed by atoms with van der Waals surface area (Å²) in [6.45, 7) is 2.09. The minimum Gasteiger partial charge on any atom is -0.316 e. The molecule has 0 bridgehead atoms. The molecule has 2 aromatic carbocycles. The van der Waals surface area contributed by atoms with E-state index in [1.165, 1.54) is 16.5 Å². The summed E-state index contributed by atoms with van der Waals surface area (Å²) in [4.78, 5) is 1.26. The molecule has 1 N–H and O–H groups in total. The van der Waals surface area contributed by atoms with Crippen LogP contribution >= 0.6 is 27.7 Å². The Morgan fingerprint density at radius 2 is 1.90 bits per heavy atom. The average Bonchev–Trinajstić information content (AvgIpc) is 2.49. The van der Waals surface area contributed by atoms with Crippen molar-refractivity contribution in [3.63, 3.8) is 0 Å². The molecule has 0 heterocycles. The van der Waals surface area contributed by atoms with E-state index in [-0.39, 0.29) is 5.82 Å². The van der Waals surface area contributed by atoms with Crippen molar-refractivity contribution in [2.45, 2.75) is 24.3 Å². The van der Waals surface area contributed by atoms with E-state index in [4.69, 9.17) is 0 Å². The largest absolute Gasteiger partial charge is 0.316 e. The number of hydrogen-bond donors (Lipinski definition) is 1. The predicted octanol–water partition coefficient (Wildman–Crippen LogP) is 4.82. The SMILES string of the molecule is CNC(CSc1ccc(C)cc1)Cc1cccc(F)c1Br. The van der Waals surface area contributed by atoms with E-state index in [9.17, 15) is 4.39 Å². The number of likely N-dealkylation sites (N-methyl/N-ethyl adjacent to an activating group) is 1. The van der Waals surface area contributed by atoms with Gasteiger partial charge in [0.15, 0.2) is 0 Å². The van der Waals surface area contributed by atoms with Crippen LogP contribution in [0.15, 0.2) is 51.8 Å². The van der Waals surface area contributed by atoms with Crippen LogP contribution < -0.4 is 5.32 Å². The Balaban J connectivity index is 1.97. The van der Waals surface area contributed by atoms with Gasteiger partial charge in [-0.15, -0.1) is 11.8 Å². The third-order valence-electron chi connectivity index (χ3n) is 3.38. The van der Waals surface area contributed by atoms with E-state index >= 15 is 0 Å². The van der Waals surface area contributed by atoms with Crippen LogP contribution in [0.2, 0.25) is 0 Å². The number of halogens is 2. The first-order valence-electron chi connectivity index (χ1n) is 6.89. The molecule has 0 fully saturated rings. The van der Waals surface area contributed by atoms with Gasteiger partial charge in [-0.1, -0.05) is 29.8 Å². The molecule has 0 saturated carbocycles. The Kier molecular flexibility index (Phi) is 6.27. The molecule has 2 rings (SSSR count). The van der Waals surface area contributed by atoms with E-state index in [0.717, 1.165) is 17.7 Å². The first-order valence-corrected chi connectivity index (χ1v) is 8.67. The minimum absolute atomic E-state index is 0.200. The van der Waals surface area contributed by atoms with Crippen LogP contribution in [0.3, 0.4) is 0 Å². The number of benzene rings is 2. The van der Waals surface area contributed by atoms with E-state index in [2.05, 4.69) is 52.4 Å². The zero-order valence-electron chi connectivity index (χ0n) is 12.2. The molecule has 0 spiro atoms. The van der Waals surface area contributed by atoms with Gasteiger partial charge < -0.3 is 5.32 Å². The number of nitrogens with one attached hydrogen (secondary N) is 1. The van der Waals surface area contributed by atoms with Gasteiger partial charge in [0, 0.05) is 16.7 Å². The molecule has 1 unspecified atom stereocenters. The third-order valence-corrected chi connectivity index (χ3v) is 5.44. The molecule has 21 heavy (non-hydrogen) atoms. The monoisotopic (exact) mass is 367 g/mol. The van der Waals surface area contributed by atoms with Crippen molar-refractivity contribution in [1.29, 1.82) is 0 Å². The standard InChI is InChI=1S/C17H19BrFNS/c1-12-6-8-15(9-7-12)21-11-14(20-2)10-13-4-3-5-16(19)17(13)18/h3-9,14,20H,10-11H2,1-2H3.